The van der Waals surface area contributed by atoms with E-state index in [2.05, 4.69) is 31.0 Å². The van der Waals surface area contributed by atoms with E-state index in [1.807, 2.05) is 12.1 Å². The van der Waals surface area contributed by atoms with Crippen LogP contribution in [0.5, 0.6) is 0 Å². The zero-order chi connectivity index (χ0) is 14.1. The summed E-state index contributed by atoms with van der Waals surface area (Å²) < 4.78 is 2.35. The molecule has 0 saturated heterocycles. The molecule has 2 heterocycles. The molecule has 2 N–H and O–H groups in total. The number of nitrogen functional groups attached to an aromatic ring is 1. The molecule has 0 aliphatic heterocycles. The quantitative estimate of drug-likeness (QED) is 0.720. The lowest BCUT2D eigenvalue weighted by molar-refractivity contribution is 0.847. The molecule has 7 heteroatoms. The molecule has 0 amide bonds. The van der Waals surface area contributed by atoms with Crippen LogP contribution in [0.15, 0.2) is 47.3 Å². The highest BCUT2D eigenvalue weighted by atomic mass is 79.9. The molecule has 0 atom stereocenters. The average Bonchev–Trinajstić information content (AvgIpc) is 2.89. The van der Waals surface area contributed by atoms with Crippen molar-refractivity contribution in [3.63, 3.8) is 0 Å². The molecule has 3 rings (SSSR count). The highest BCUT2D eigenvalue weighted by Gasteiger charge is 2.09. The number of rotatable bonds is 2. The van der Waals surface area contributed by atoms with E-state index in [0.29, 0.717) is 22.4 Å². The van der Waals surface area contributed by atoms with Gasteiger partial charge in [0.05, 0.1) is 5.02 Å². The maximum Gasteiger partial charge on any atom is 0.181 e. The van der Waals surface area contributed by atoms with Crippen molar-refractivity contribution >= 4 is 33.2 Å². The van der Waals surface area contributed by atoms with Crippen molar-refractivity contribution in [2.75, 3.05) is 5.73 Å². The number of hydrogen-bond donors (Lipinski definition) is 1. The number of hydrogen-bond acceptors (Lipinski definition) is 4. The Morgan fingerprint density at radius 3 is 2.60 bits per heavy atom. The van der Waals surface area contributed by atoms with E-state index in [1.165, 1.54) is 0 Å². The van der Waals surface area contributed by atoms with E-state index in [4.69, 9.17) is 17.3 Å². The lowest BCUT2D eigenvalue weighted by atomic mass is 10.2. The van der Waals surface area contributed by atoms with E-state index in [-0.39, 0.29) is 0 Å². The van der Waals surface area contributed by atoms with Gasteiger partial charge < -0.3 is 5.73 Å². The zero-order valence-corrected chi connectivity index (χ0v) is 12.5. The normalized spacial score (nSPS) is 10.7. The summed E-state index contributed by atoms with van der Waals surface area (Å²) in [6.45, 7) is 0. The fourth-order valence-electron chi connectivity index (χ4n) is 1.71. The van der Waals surface area contributed by atoms with E-state index < -0.39 is 0 Å². The summed E-state index contributed by atoms with van der Waals surface area (Å²) in [7, 11) is 0. The third kappa shape index (κ3) is 2.52. The first kappa shape index (κ1) is 13.1. The maximum absolute atomic E-state index is 6.14. The summed E-state index contributed by atoms with van der Waals surface area (Å²) in [5, 5.41) is 4.87. The first-order valence-electron chi connectivity index (χ1n) is 5.72. The Bertz CT molecular complexity index is 754. The second kappa shape index (κ2) is 5.22. The monoisotopic (exact) mass is 349 g/mol. The van der Waals surface area contributed by atoms with Crippen LogP contribution in [0, 0.1) is 0 Å². The Balaban J connectivity index is 1.99. The number of anilines is 1. The fraction of sp³-hybridized carbons (Fsp3) is 0. The number of benzene rings is 1. The van der Waals surface area contributed by atoms with Crippen LogP contribution >= 0.6 is 27.5 Å². The van der Waals surface area contributed by atoms with Crippen molar-refractivity contribution in [1.29, 1.82) is 0 Å². The van der Waals surface area contributed by atoms with Crippen molar-refractivity contribution in [2.45, 2.75) is 0 Å². The topological polar surface area (TPSA) is 69.6 Å². The highest BCUT2D eigenvalue weighted by Crippen LogP contribution is 2.23. The van der Waals surface area contributed by atoms with Gasteiger partial charge in [0.25, 0.3) is 0 Å². The fourth-order valence-corrected chi connectivity index (χ4v) is 2.42. The molecule has 0 bridgehead atoms. The number of nitrogens with two attached hydrogens (primary N) is 1. The van der Waals surface area contributed by atoms with Gasteiger partial charge in [0.2, 0.25) is 0 Å². The molecule has 0 unspecified atom stereocenters. The van der Waals surface area contributed by atoms with Gasteiger partial charge >= 0.3 is 0 Å². The Morgan fingerprint density at radius 1 is 1.15 bits per heavy atom. The zero-order valence-electron chi connectivity index (χ0n) is 10.2. The highest BCUT2D eigenvalue weighted by molar-refractivity contribution is 9.10. The van der Waals surface area contributed by atoms with Crippen molar-refractivity contribution in [1.82, 2.24) is 19.7 Å². The van der Waals surface area contributed by atoms with E-state index in [0.717, 1.165) is 10.0 Å². The van der Waals surface area contributed by atoms with Gasteiger partial charge in [-0.25, -0.2) is 14.6 Å². The van der Waals surface area contributed by atoms with Crippen LogP contribution in [-0.2, 0) is 0 Å². The standard InChI is InChI=1S/C13H9BrClN5/c14-9-5-11(15)13(17-6-9)20-7-18-12(19-20)8-1-3-10(16)4-2-8/h1-7H,16H2. The van der Waals surface area contributed by atoms with Gasteiger partial charge in [-0.05, 0) is 46.3 Å². The molecule has 0 aliphatic rings. The van der Waals surface area contributed by atoms with Crippen LogP contribution in [0.1, 0.15) is 0 Å². The number of halogens is 2. The van der Waals surface area contributed by atoms with Crippen LogP contribution in [-0.4, -0.2) is 19.7 Å². The van der Waals surface area contributed by atoms with Gasteiger partial charge in [-0.3, -0.25) is 0 Å². The van der Waals surface area contributed by atoms with Gasteiger partial charge in [0.15, 0.2) is 11.6 Å². The Kier molecular flexibility index (Phi) is 3.42. The Hall–Kier alpha value is -1.92. The number of aromatic nitrogens is 4. The van der Waals surface area contributed by atoms with Crippen LogP contribution in [0.4, 0.5) is 5.69 Å². The molecular weight excluding hydrogens is 342 g/mol. The maximum atomic E-state index is 6.14. The first-order chi connectivity index (χ1) is 9.63. The smallest absolute Gasteiger partial charge is 0.181 e. The second-order valence-electron chi connectivity index (χ2n) is 4.09. The molecule has 2 aromatic heterocycles. The SMILES string of the molecule is Nc1ccc(-c2ncn(-c3ncc(Br)cc3Cl)n2)cc1. The molecular formula is C13H9BrClN5. The molecule has 20 heavy (non-hydrogen) atoms. The predicted octanol–water partition coefficient (Wildman–Crippen LogP) is 3.33. The van der Waals surface area contributed by atoms with Crippen LogP contribution in [0.25, 0.3) is 17.2 Å². The molecule has 0 aliphatic carbocycles. The van der Waals surface area contributed by atoms with Gasteiger partial charge in [-0.15, -0.1) is 5.10 Å². The summed E-state index contributed by atoms with van der Waals surface area (Å²) in [5.74, 6) is 1.12. The minimum absolute atomic E-state index is 0.494. The molecule has 3 aromatic rings. The van der Waals surface area contributed by atoms with E-state index >= 15 is 0 Å². The molecule has 1 aromatic carbocycles. The molecule has 0 fully saturated rings. The Morgan fingerprint density at radius 2 is 1.90 bits per heavy atom. The lowest BCUT2D eigenvalue weighted by Crippen LogP contribution is -1.99. The molecule has 0 saturated carbocycles. The number of pyridine rings is 1. The van der Waals surface area contributed by atoms with Crippen molar-refractivity contribution in [2.24, 2.45) is 0 Å². The van der Waals surface area contributed by atoms with Gasteiger partial charge in [-0.1, -0.05) is 11.6 Å². The summed E-state index contributed by atoms with van der Waals surface area (Å²) in [6.07, 6.45) is 3.24. The van der Waals surface area contributed by atoms with Crippen molar-refractivity contribution in [3.8, 4) is 17.2 Å². The van der Waals surface area contributed by atoms with Gasteiger partial charge in [0.1, 0.15) is 6.33 Å². The minimum atomic E-state index is 0.494. The molecule has 5 nitrogen and oxygen atoms in total. The molecule has 0 radical (unpaired) electrons. The van der Waals surface area contributed by atoms with Crippen molar-refractivity contribution in [3.05, 3.63) is 52.4 Å². The third-order valence-corrected chi connectivity index (χ3v) is 3.38. The van der Waals surface area contributed by atoms with Gasteiger partial charge in [-0.2, -0.15) is 0 Å². The van der Waals surface area contributed by atoms with Crippen LogP contribution in [0.2, 0.25) is 5.02 Å². The van der Waals surface area contributed by atoms with Crippen LogP contribution < -0.4 is 5.73 Å². The van der Waals surface area contributed by atoms with E-state index in [1.54, 1.807) is 35.4 Å². The largest absolute Gasteiger partial charge is 0.399 e. The summed E-state index contributed by atoms with van der Waals surface area (Å²) in [5.41, 5.74) is 7.24. The Labute approximate surface area is 128 Å². The average molecular weight is 351 g/mol. The summed E-state index contributed by atoms with van der Waals surface area (Å²) in [4.78, 5) is 8.49. The van der Waals surface area contributed by atoms with Gasteiger partial charge in [0, 0.05) is 21.9 Å². The van der Waals surface area contributed by atoms with Crippen LogP contribution in [0.3, 0.4) is 0 Å². The number of nitrogens with zero attached hydrogens (tertiary/aromatic N) is 4. The van der Waals surface area contributed by atoms with Crippen molar-refractivity contribution < 1.29 is 0 Å². The lowest BCUT2D eigenvalue weighted by Gasteiger charge is -2.02. The summed E-state index contributed by atoms with van der Waals surface area (Å²) >= 11 is 9.46. The van der Waals surface area contributed by atoms with E-state index in [9.17, 15) is 0 Å². The second-order valence-corrected chi connectivity index (χ2v) is 5.42. The summed E-state index contributed by atoms with van der Waals surface area (Å²) in [6, 6.07) is 9.10. The molecule has 100 valence electrons. The minimum Gasteiger partial charge on any atom is -0.399 e. The molecule has 0 spiro atoms. The first-order valence-corrected chi connectivity index (χ1v) is 6.89. The predicted molar refractivity (Wildman–Crippen MR) is 81.7 cm³/mol. The third-order valence-electron chi connectivity index (χ3n) is 2.67.